The molecular weight excluding hydrogens is 365 g/mol. The molecule has 1 fully saturated rings. The predicted octanol–water partition coefficient (Wildman–Crippen LogP) is 3.27. The number of halogens is 1. The van der Waals surface area contributed by atoms with Crippen LogP contribution in [0.1, 0.15) is 50.0 Å². The largest absolute Gasteiger partial charge is 0.481 e. The van der Waals surface area contributed by atoms with Crippen LogP contribution in [0.25, 0.3) is 11.4 Å². The fourth-order valence-electron chi connectivity index (χ4n) is 3.48. The summed E-state index contributed by atoms with van der Waals surface area (Å²) in [6, 6.07) is 4.34. The molecule has 3 rings (SSSR count). The van der Waals surface area contributed by atoms with Gasteiger partial charge in [0.1, 0.15) is 5.82 Å². The van der Waals surface area contributed by atoms with E-state index in [2.05, 4.69) is 15.5 Å². The van der Waals surface area contributed by atoms with E-state index in [1.807, 2.05) is 0 Å². The summed E-state index contributed by atoms with van der Waals surface area (Å²) >= 11 is 0. The predicted molar refractivity (Wildman–Crippen MR) is 98.9 cm³/mol. The molecule has 0 unspecified atom stereocenters. The Bertz CT molecular complexity index is 852. The summed E-state index contributed by atoms with van der Waals surface area (Å²) in [5.41, 5.74) is 1.03. The summed E-state index contributed by atoms with van der Waals surface area (Å²) in [7, 11) is 0. The Balaban J connectivity index is 1.56. The van der Waals surface area contributed by atoms with Gasteiger partial charge in [-0.25, -0.2) is 4.39 Å². The summed E-state index contributed by atoms with van der Waals surface area (Å²) in [6.07, 6.45) is 4.38. The molecule has 0 bridgehead atoms. The molecule has 2 N–H and O–H groups in total. The van der Waals surface area contributed by atoms with Crippen molar-refractivity contribution in [2.75, 3.05) is 0 Å². The number of nitrogens with zero attached hydrogens (tertiary/aromatic N) is 2. The van der Waals surface area contributed by atoms with Crippen molar-refractivity contribution < 1.29 is 23.6 Å². The number of aryl methyl sites for hydroxylation is 2. The van der Waals surface area contributed by atoms with E-state index in [1.165, 1.54) is 6.07 Å². The zero-order chi connectivity index (χ0) is 20.1. The van der Waals surface area contributed by atoms with E-state index in [9.17, 15) is 19.1 Å². The van der Waals surface area contributed by atoms with Crippen molar-refractivity contribution in [2.24, 2.45) is 5.92 Å². The molecule has 1 aliphatic carbocycles. The number of amides is 1. The van der Waals surface area contributed by atoms with E-state index in [-0.39, 0.29) is 42.3 Å². The maximum absolute atomic E-state index is 13.7. The minimum Gasteiger partial charge on any atom is -0.481 e. The first-order chi connectivity index (χ1) is 13.4. The highest BCUT2D eigenvalue weighted by Gasteiger charge is 2.30. The first kappa shape index (κ1) is 20.0. The van der Waals surface area contributed by atoms with Gasteiger partial charge >= 0.3 is 5.97 Å². The highest BCUT2D eigenvalue weighted by atomic mass is 19.1. The molecule has 150 valence electrons. The molecule has 1 aromatic heterocycles. The lowest BCUT2D eigenvalue weighted by atomic mass is 9.94. The fourth-order valence-corrected chi connectivity index (χ4v) is 3.48. The van der Waals surface area contributed by atoms with E-state index in [0.717, 1.165) is 19.3 Å². The number of carbonyl (C=O) groups is 2. The van der Waals surface area contributed by atoms with Crippen LogP contribution >= 0.6 is 0 Å². The molecule has 8 heteroatoms. The van der Waals surface area contributed by atoms with Gasteiger partial charge in [0.05, 0.1) is 5.92 Å². The highest BCUT2D eigenvalue weighted by Crippen LogP contribution is 2.24. The molecule has 1 aromatic carbocycles. The number of carboxylic acid groups (broad SMARTS) is 1. The zero-order valence-corrected chi connectivity index (χ0v) is 15.8. The smallest absolute Gasteiger partial charge is 0.308 e. The number of aromatic nitrogens is 2. The minimum absolute atomic E-state index is 0.118. The summed E-state index contributed by atoms with van der Waals surface area (Å²) in [5.74, 6) is -1.44. The monoisotopic (exact) mass is 389 g/mol. The van der Waals surface area contributed by atoms with E-state index in [0.29, 0.717) is 24.0 Å². The Hall–Kier alpha value is -2.77. The SMILES string of the molecule is Cc1ccc(-c2noc(CCC(=O)N[C@H]3CCCCC[C@H]3C(=O)O)n2)cc1F. The molecule has 0 radical (unpaired) electrons. The van der Waals surface area contributed by atoms with E-state index < -0.39 is 11.9 Å². The van der Waals surface area contributed by atoms with Crippen LogP contribution in [0.5, 0.6) is 0 Å². The molecule has 0 saturated heterocycles. The normalized spacial score (nSPS) is 19.8. The van der Waals surface area contributed by atoms with Crippen LogP contribution in [0.3, 0.4) is 0 Å². The van der Waals surface area contributed by atoms with Gasteiger partial charge in [-0.05, 0) is 31.4 Å². The molecule has 1 amide bonds. The van der Waals surface area contributed by atoms with Crippen LogP contribution in [0, 0.1) is 18.7 Å². The Morgan fingerprint density at radius 1 is 1.29 bits per heavy atom. The van der Waals surface area contributed by atoms with Crippen molar-refractivity contribution in [1.29, 1.82) is 0 Å². The molecule has 2 atom stereocenters. The van der Waals surface area contributed by atoms with Crippen LogP contribution in [0.2, 0.25) is 0 Å². The zero-order valence-electron chi connectivity index (χ0n) is 15.8. The Morgan fingerprint density at radius 3 is 2.82 bits per heavy atom. The second-order valence-electron chi connectivity index (χ2n) is 7.23. The summed E-state index contributed by atoms with van der Waals surface area (Å²) in [4.78, 5) is 27.9. The summed E-state index contributed by atoms with van der Waals surface area (Å²) in [5, 5.41) is 16.1. The van der Waals surface area contributed by atoms with Crippen molar-refractivity contribution in [2.45, 2.75) is 57.9 Å². The number of carbonyl (C=O) groups excluding carboxylic acids is 1. The number of rotatable bonds is 6. The summed E-state index contributed by atoms with van der Waals surface area (Å²) in [6.45, 7) is 1.67. The quantitative estimate of drug-likeness (QED) is 0.735. The van der Waals surface area contributed by atoms with Crippen LogP contribution in [-0.4, -0.2) is 33.2 Å². The third-order valence-corrected chi connectivity index (χ3v) is 5.14. The van der Waals surface area contributed by atoms with Gasteiger partial charge in [-0.2, -0.15) is 4.98 Å². The molecule has 0 spiro atoms. The van der Waals surface area contributed by atoms with Gasteiger partial charge in [-0.15, -0.1) is 0 Å². The van der Waals surface area contributed by atoms with Gasteiger partial charge in [0.2, 0.25) is 17.6 Å². The standard InChI is InChI=1S/C20H24FN3O4/c1-12-7-8-13(11-15(12)21)19-23-18(28-24-19)10-9-17(25)22-16-6-4-2-3-5-14(16)20(26)27/h7-8,11,14,16H,2-6,9-10H2,1H3,(H,22,25)(H,26,27)/t14-,16+/m1/s1. The molecule has 1 aliphatic rings. The first-order valence-corrected chi connectivity index (χ1v) is 9.55. The van der Waals surface area contributed by atoms with Gasteiger partial charge in [-0.1, -0.05) is 36.6 Å². The number of hydrogen-bond acceptors (Lipinski definition) is 5. The van der Waals surface area contributed by atoms with Gasteiger partial charge in [0.25, 0.3) is 0 Å². The first-order valence-electron chi connectivity index (χ1n) is 9.55. The Labute approximate surface area is 162 Å². The second kappa shape index (κ2) is 8.95. The summed E-state index contributed by atoms with van der Waals surface area (Å²) < 4.78 is 18.8. The maximum Gasteiger partial charge on any atom is 0.308 e. The number of carboxylic acids is 1. The van der Waals surface area contributed by atoms with Crippen molar-refractivity contribution >= 4 is 11.9 Å². The van der Waals surface area contributed by atoms with E-state index >= 15 is 0 Å². The van der Waals surface area contributed by atoms with Crippen LogP contribution in [-0.2, 0) is 16.0 Å². The number of benzene rings is 1. The topological polar surface area (TPSA) is 105 Å². The van der Waals surface area contributed by atoms with Crippen molar-refractivity contribution in [3.63, 3.8) is 0 Å². The molecule has 7 nitrogen and oxygen atoms in total. The number of aliphatic carboxylic acids is 1. The second-order valence-corrected chi connectivity index (χ2v) is 7.23. The third kappa shape index (κ3) is 4.94. The van der Waals surface area contributed by atoms with Crippen molar-refractivity contribution in [3.8, 4) is 11.4 Å². The van der Waals surface area contributed by atoms with E-state index in [1.54, 1.807) is 19.1 Å². The lowest BCUT2D eigenvalue weighted by Crippen LogP contribution is -2.42. The average Bonchev–Trinajstić information content (AvgIpc) is 3.01. The molecule has 1 saturated carbocycles. The molecule has 28 heavy (non-hydrogen) atoms. The molecular formula is C20H24FN3O4. The fraction of sp³-hybridized carbons (Fsp3) is 0.500. The highest BCUT2D eigenvalue weighted by molar-refractivity contribution is 5.78. The number of nitrogens with one attached hydrogen (secondary N) is 1. The van der Waals surface area contributed by atoms with Gasteiger partial charge < -0.3 is 14.9 Å². The maximum atomic E-state index is 13.7. The van der Waals surface area contributed by atoms with Gasteiger partial charge in [0.15, 0.2) is 0 Å². The Morgan fingerprint density at radius 2 is 2.07 bits per heavy atom. The lowest BCUT2D eigenvalue weighted by molar-refractivity contribution is -0.143. The molecule has 2 aromatic rings. The number of hydrogen-bond donors (Lipinski definition) is 2. The molecule has 0 aliphatic heterocycles. The average molecular weight is 389 g/mol. The van der Waals surface area contributed by atoms with Crippen molar-refractivity contribution in [1.82, 2.24) is 15.5 Å². The van der Waals surface area contributed by atoms with Crippen LogP contribution in [0.15, 0.2) is 22.7 Å². The minimum atomic E-state index is -0.862. The molecule has 1 heterocycles. The lowest BCUT2D eigenvalue weighted by Gasteiger charge is -2.22. The van der Waals surface area contributed by atoms with Crippen LogP contribution in [0.4, 0.5) is 4.39 Å². The van der Waals surface area contributed by atoms with Crippen LogP contribution < -0.4 is 5.32 Å². The van der Waals surface area contributed by atoms with Gasteiger partial charge in [0, 0.05) is 24.4 Å². The Kier molecular flexibility index (Phi) is 6.38. The van der Waals surface area contributed by atoms with Gasteiger partial charge in [-0.3, -0.25) is 9.59 Å². The van der Waals surface area contributed by atoms with Crippen molar-refractivity contribution in [3.05, 3.63) is 35.5 Å². The third-order valence-electron chi connectivity index (χ3n) is 5.14. The van der Waals surface area contributed by atoms with E-state index in [4.69, 9.17) is 4.52 Å².